The highest BCUT2D eigenvalue weighted by Gasteiger charge is 2.13. The van der Waals surface area contributed by atoms with Gasteiger partial charge in [-0.15, -0.1) is 0 Å². The number of rotatable bonds is 5. The smallest absolute Gasteiger partial charge is 0.269 e. The Bertz CT molecular complexity index is 760. The lowest BCUT2D eigenvalue weighted by Gasteiger charge is -2.14. The predicted octanol–water partition coefficient (Wildman–Crippen LogP) is 3.32. The molecule has 25 heavy (non-hydrogen) atoms. The second kappa shape index (κ2) is 8.53. The summed E-state index contributed by atoms with van der Waals surface area (Å²) in [5, 5.41) is 0. The van der Waals surface area contributed by atoms with E-state index in [2.05, 4.69) is 26.8 Å². The van der Waals surface area contributed by atoms with Crippen LogP contribution in [0.5, 0.6) is 11.5 Å². The van der Waals surface area contributed by atoms with Gasteiger partial charge in [0, 0.05) is 15.6 Å². The van der Waals surface area contributed by atoms with E-state index in [1.165, 1.54) is 7.11 Å². The molecule has 2 aromatic carbocycles. The summed E-state index contributed by atoms with van der Waals surface area (Å²) in [5.41, 5.74) is 5.52. The highest BCUT2D eigenvalue weighted by atomic mass is 79.9. The van der Waals surface area contributed by atoms with E-state index in [1.807, 2.05) is 13.8 Å². The van der Waals surface area contributed by atoms with Gasteiger partial charge in [-0.3, -0.25) is 20.4 Å². The van der Waals surface area contributed by atoms with Crippen molar-refractivity contribution in [2.75, 3.05) is 7.11 Å². The fourth-order valence-corrected chi connectivity index (χ4v) is 2.28. The number of nitrogens with one attached hydrogen (secondary N) is 2. The van der Waals surface area contributed by atoms with Crippen molar-refractivity contribution in [2.45, 2.75) is 20.0 Å². The molecule has 0 saturated heterocycles. The molecule has 132 valence electrons. The van der Waals surface area contributed by atoms with Crippen molar-refractivity contribution in [2.24, 2.45) is 0 Å². The molecule has 0 aliphatic heterocycles. The van der Waals surface area contributed by atoms with Crippen LogP contribution < -0.4 is 20.3 Å². The number of amides is 2. The molecule has 0 unspecified atom stereocenters. The molecule has 2 aromatic rings. The zero-order chi connectivity index (χ0) is 18.4. The molecule has 7 heteroatoms. The van der Waals surface area contributed by atoms with Crippen LogP contribution >= 0.6 is 15.9 Å². The molecular weight excluding hydrogens is 388 g/mol. The molecule has 0 saturated carbocycles. The molecule has 2 rings (SSSR count). The van der Waals surface area contributed by atoms with Gasteiger partial charge in [-0.05, 0) is 56.3 Å². The van der Waals surface area contributed by atoms with E-state index in [0.29, 0.717) is 22.6 Å². The summed E-state index contributed by atoms with van der Waals surface area (Å²) < 4.78 is 11.7. The SMILES string of the molecule is COc1cc(C(=O)NNC(=O)c2ccc(Br)cc2)ccc1OC(C)C. The van der Waals surface area contributed by atoms with E-state index in [9.17, 15) is 9.59 Å². The zero-order valence-electron chi connectivity index (χ0n) is 14.1. The summed E-state index contributed by atoms with van der Waals surface area (Å²) in [7, 11) is 1.50. The van der Waals surface area contributed by atoms with Gasteiger partial charge in [-0.1, -0.05) is 15.9 Å². The number of halogens is 1. The summed E-state index contributed by atoms with van der Waals surface area (Å²) in [6.07, 6.45) is -0.0150. The van der Waals surface area contributed by atoms with Crippen LogP contribution in [0.3, 0.4) is 0 Å². The third-order valence-electron chi connectivity index (χ3n) is 3.18. The minimum absolute atomic E-state index is 0.0150. The first-order valence-corrected chi connectivity index (χ1v) is 8.41. The van der Waals surface area contributed by atoms with Gasteiger partial charge in [-0.2, -0.15) is 0 Å². The minimum atomic E-state index is -0.458. The van der Waals surface area contributed by atoms with Crippen molar-refractivity contribution in [1.29, 1.82) is 0 Å². The monoisotopic (exact) mass is 406 g/mol. The van der Waals surface area contributed by atoms with E-state index in [-0.39, 0.29) is 6.10 Å². The van der Waals surface area contributed by atoms with Crippen LogP contribution in [0.15, 0.2) is 46.9 Å². The standard InChI is InChI=1S/C18H19BrN2O4/c1-11(2)25-15-9-6-13(10-16(15)24-3)18(23)21-20-17(22)12-4-7-14(19)8-5-12/h4-11H,1-3H3,(H,20,22)(H,21,23). The predicted molar refractivity (Wildman–Crippen MR) is 97.8 cm³/mol. The Kier molecular flexibility index (Phi) is 6.41. The van der Waals surface area contributed by atoms with E-state index >= 15 is 0 Å². The lowest BCUT2D eigenvalue weighted by molar-refractivity contribution is 0.0846. The normalized spacial score (nSPS) is 10.3. The number of benzene rings is 2. The van der Waals surface area contributed by atoms with Crippen molar-refractivity contribution >= 4 is 27.7 Å². The first-order valence-electron chi connectivity index (χ1n) is 7.61. The van der Waals surface area contributed by atoms with Gasteiger partial charge in [0.15, 0.2) is 11.5 Å². The van der Waals surface area contributed by atoms with E-state index in [4.69, 9.17) is 9.47 Å². The molecular formula is C18H19BrN2O4. The van der Waals surface area contributed by atoms with Gasteiger partial charge in [0.05, 0.1) is 13.2 Å². The van der Waals surface area contributed by atoms with E-state index < -0.39 is 11.8 Å². The number of ether oxygens (including phenoxy) is 2. The maximum Gasteiger partial charge on any atom is 0.269 e. The molecule has 0 bridgehead atoms. The molecule has 0 atom stereocenters. The minimum Gasteiger partial charge on any atom is -0.493 e. The van der Waals surface area contributed by atoms with Gasteiger partial charge in [0.1, 0.15) is 0 Å². The lowest BCUT2D eigenvalue weighted by Crippen LogP contribution is -2.41. The number of carbonyl (C=O) groups is 2. The molecule has 2 amide bonds. The zero-order valence-corrected chi connectivity index (χ0v) is 15.7. The summed E-state index contributed by atoms with van der Waals surface area (Å²) in [6.45, 7) is 3.80. The first kappa shape index (κ1) is 18.8. The van der Waals surface area contributed by atoms with Crippen LogP contribution in [-0.2, 0) is 0 Å². The number of hydrogen-bond donors (Lipinski definition) is 2. The Morgan fingerprint density at radius 2 is 1.48 bits per heavy atom. The molecule has 0 spiro atoms. The number of hydrogen-bond acceptors (Lipinski definition) is 4. The molecule has 2 N–H and O–H groups in total. The lowest BCUT2D eigenvalue weighted by atomic mass is 10.2. The molecule has 0 aromatic heterocycles. The van der Waals surface area contributed by atoms with Gasteiger partial charge < -0.3 is 9.47 Å². The molecule has 0 fully saturated rings. The van der Waals surface area contributed by atoms with Crippen molar-refractivity contribution in [3.8, 4) is 11.5 Å². The third kappa shape index (κ3) is 5.22. The van der Waals surface area contributed by atoms with E-state index in [0.717, 1.165) is 4.47 Å². The molecule has 0 aliphatic carbocycles. The van der Waals surface area contributed by atoms with Crippen LogP contribution in [0.1, 0.15) is 34.6 Å². The Morgan fingerprint density at radius 1 is 0.920 bits per heavy atom. The molecule has 0 aliphatic rings. The second-order valence-electron chi connectivity index (χ2n) is 5.45. The van der Waals surface area contributed by atoms with Crippen LogP contribution in [0.25, 0.3) is 0 Å². The fourth-order valence-electron chi connectivity index (χ4n) is 2.02. The van der Waals surface area contributed by atoms with Crippen LogP contribution in [0.4, 0.5) is 0 Å². The summed E-state index contributed by atoms with van der Waals surface area (Å²) in [6, 6.07) is 11.6. The Morgan fingerprint density at radius 3 is 2.04 bits per heavy atom. The van der Waals surface area contributed by atoms with E-state index in [1.54, 1.807) is 42.5 Å². The second-order valence-corrected chi connectivity index (χ2v) is 6.36. The number of hydrazine groups is 1. The maximum absolute atomic E-state index is 12.2. The molecule has 0 heterocycles. The fraction of sp³-hybridized carbons (Fsp3) is 0.222. The van der Waals surface area contributed by atoms with Crippen LogP contribution in [0, 0.1) is 0 Å². The molecule has 0 radical (unpaired) electrons. The highest BCUT2D eigenvalue weighted by molar-refractivity contribution is 9.10. The summed E-state index contributed by atoms with van der Waals surface area (Å²) in [4.78, 5) is 24.2. The summed E-state index contributed by atoms with van der Waals surface area (Å²) in [5.74, 6) is 0.126. The van der Waals surface area contributed by atoms with Crippen LogP contribution in [0.2, 0.25) is 0 Å². The largest absolute Gasteiger partial charge is 0.493 e. The topological polar surface area (TPSA) is 76.7 Å². The van der Waals surface area contributed by atoms with Gasteiger partial charge in [0.25, 0.3) is 11.8 Å². The first-order chi connectivity index (χ1) is 11.9. The average molecular weight is 407 g/mol. The van der Waals surface area contributed by atoms with Gasteiger partial charge in [-0.25, -0.2) is 0 Å². The molecule has 6 nitrogen and oxygen atoms in total. The quantitative estimate of drug-likeness (QED) is 0.746. The number of methoxy groups -OCH3 is 1. The van der Waals surface area contributed by atoms with Gasteiger partial charge >= 0.3 is 0 Å². The highest BCUT2D eigenvalue weighted by Crippen LogP contribution is 2.28. The van der Waals surface area contributed by atoms with Crippen LogP contribution in [-0.4, -0.2) is 25.0 Å². The Balaban J connectivity index is 2.02. The Hall–Kier alpha value is -2.54. The third-order valence-corrected chi connectivity index (χ3v) is 3.71. The van der Waals surface area contributed by atoms with Crippen molar-refractivity contribution in [3.63, 3.8) is 0 Å². The van der Waals surface area contributed by atoms with Crippen molar-refractivity contribution in [1.82, 2.24) is 10.9 Å². The van der Waals surface area contributed by atoms with Crippen molar-refractivity contribution < 1.29 is 19.1 Å². The maximum atomic E-state index is 12.2. The average Bonchev–Trinajstić information content (AvgIpc) is 2.59. The number of carbonyl (C=O) groups excluding carboxylic acids is 2. The van der Waals surface area contributed by atoms with Crippen molar-refractivity contribution in [3.05, 3.63) is 58.1 Å². The Labute approximate surface area is 154 Å². The summed E-state index contributed by atoms with van der Waals surface area (Å²) >= 11 is 3.30. The van der Waals surface area contributed by atoms with Gasteiger partial charge in [0.2, 0.25) is 0 Å².